The van der Waals surface area contributed by atoms with Crippen molar-refractivity contribution in [3.63, 3.8) is 0 Å². The van der Waals surface area contributed by atoms with Crippen molar-refractivity contribution in [1.29, 1.82) is 0 Å². The van der Waals surface area contributed by atoms with Gasteiger partial charge in [-0.3, -0.25) is 4.79 Å². The highest BCUT2D eigenvalue weighted by Gasteiger charge is 2.05. The van der Waals surface area contributed by atoms with E-state index < -0.39 is 0 Å². The van der Waals surface area contributed by atoms with Crippen LogP contribution in [-0.2, 0) is 6.54 Å². The van der Waals surface area contributed by atoms with Crippen LogP contribution in [0.5, 0.6) is 5.75 Å². The van der Waals surface area contributed by atoms with E-state index in [4.69, 9.17) is 5.11 Å². The minimum Gasteiger partial charge on any atom is -0.508 e. The second-order valence-corrected chi connectivity index (χ2v) is 3.22. The lowest BCUT2D eigenvalue weighted by Gasteiger charge is -2.02. The molecule has 0 unspecified atom stereocenters. The van der Waals surface area contributed by atoms with Gasteiger partial charge in [0.2, 0.25) is 0 Å². The van der Waals surface area contributed by atoms with E-state index in [2.05, 4.69) is 15.0 Å². The molecular formula is C11H10N2O3. The molecule has 5 heteroatoms. The van der Waals surface area contributed by atoms with E-state index in [0.717, 1.165) is 0 Å². The molecular weight excluding hydrogens is 208 g/mol. The summed E-state index contributed by atoms with van der Waals surface area (Å²) in [7, 11) is 0. The van der Waals surface area contributed by atoms with Crippen LogP contribution in [0.25, 0.3) is 0 Å². The van der Waals surface area contributed by atoms with Gasteiger partial charge < -0.3 is 14.9 Å². The Balaban J connectivity index is 1.95. The summed E-state index contributed by atoms with van der Waals surface area (Å²) in [4.78, 5) is 11.6. The molecule has 0 saturated carbocycles. The third-order valence-electron chi connectivity index (χ3n) is 2.05. The number of aromatic nitrogens is 1. The van der Waals surface area contributed by atoms with E-state index in [1.807, 2.05) is 0 Å². The highest BCUT2D eigenvalue weighted by Crippen LogP contribution is 2.09. The SMILES string of the molecule is O=C(NCc1ccon1)c1ccc(O)cc1. The van der Waals surface area contributed by atoms with Crippen LogP contribution in [0.2, 0.25) is 0 Å². The number of carbonyl (C=O) groups is 1. The Bertz CT molecular complexity index is 462. The molecule has 0 aliphatic carbocycles. The van der Waals surface area contributed by atoms with E-state index in [1.165, 1.54) is 18.4 Å². The first-order valence-electron chi connectivity index (χ1n) is 4.72. The first-order chi connectivity index (χ1) is 7.75. The van der Waals surface area contributed by atoms with Gasteiger partial charge in [-0.2, -0.15) is 0 Å². The summed E-state index contributed by atoms with van der Waals surface area (Å²) in [5.41, 5.74) is 1.15. The number of carbonyl (C=O) groups excluding carboxylic acids is 1. The van der Waals surface area contributed by atoms with Crippen LogP contribution in [0.4, 0.5) is 0 Å². The fraction of sp³-hybridized carbons (Fsp3) is 0.0909. The summed E-state index contributed by atoms with van der Waals surface area (Å²) in [6.07, 6.45) is 1.45. The minimum absolute atomic E-state index is 0.132. The normalized spacial score (nSPS) is 10.0. The van der Waals surface area contributed by atoms with E-state index in [0.29, 0.717) is 17.8 Å². The van der Waals surface area contributed by atoms with Gasteiger partial charge in [-0.25, -0.2) is 0 Å². The minimum atomic E-state index is -0.219. The topological polar surface area (TPSA) is 75.4 Å². The van der Waals surface area contributed by atoms with Crippen molar-refractivity contribution < 1.29 is 14.4 Å². The Morgan fingerprint density at radius 2 is 2.06 bits per heavy atom. The lowest BCUT2D eigenvalue weighted by molar-refractivity contribution is 0.0950. The van der Waals surface area contributed by atoms with E-state index in [1.54, 1.807) is 18.2 Å². The quantitative estimate of drug-likeness (QED) is 0.814. The second kappa shape index (κ2) is 4.48. The summed E-state index contributed by atoms with van der Waals surface area (Å²) in [5.74, 6) is -0.0870. The van der Waals surface area contributed by atoms with Gasteiger partial charge in [-0.05, 0) is 24.3 Å². The number of amides is 1. The van der Waals surface area contributed by atoms with Crippen LogP contribution in [0.1, 0.15) is 16.1 Å². The number of rotatable bonds is 3. The zero-order chi connectivity index (χ0) is 11.4. The van der Waals surface area contributed by atoms with Gasteiger partial charge in [0.05, 0.1) is 6.54 Å². The predicted molar refractivity (Wildman–Crippen MR) is 55.8 cm³/mol. The van der Waals surface area contributed by atoms with Crippen LogP contribution in [0.15, 0.2) is 41.1 Å². The molecule has 0 spiro atoms. The summed E-state index contributed by atoms with van der Waals surface area (Å²) in [5, 5.41) is 15.4. The first-order valence-corrected chi connectivity index (χ1v) is 4.72. The first kappa shape index (κ1) is 10.2. The van der Waals surface area contributed by atoms with Gasteiger partial charge in [-0.15, -0.1) is 0 Å². The fourth-order valence-corrected chi connectivity index (χ4v) is 1.21. The molecule has 16 heavy (non-hydrogen) atoms. The predicted octanol–water partition coefficient (Wildman–Crippen LogP) is 1.31. The number of hydrogen-bond donors (Lipinski definition) is 2. The number of phenolic OH excluding ortho intramolecular Hbond substituents is 1. The number of nitrogens with zero attached hydrogens (tertiary/aromatic N) is 1. The van der Waals surface area contributed by atoms with Crippen molar-refractivity contribution in [2.45, 2.75) is 6.54 Å². The highest BCUT2D eigenvalue weighted by molar-refractivity contribution is 5.94. The largest absolute Gasteiger partial charge is 0.508 e. The summed E-state index contributed by atoms with van der Waals surface area (Å²) < 4.78 is 4.63. The van der Waals surface area contributed by atoms with Crippen LogP contribution >= 0.6 is 0 Å². The number of phenols is 1. The third kappa shape index (κ3) is 2.38. The summed E-state index contributed by atoms with van der Waals surface area (Å²) in [6.45, 7) is 0.316. The van der Waals surface area contributed by atoms with E-state index in [-0.39, 0.29) is 11.7 Å². The van der Waals surface area contributed by atoms with Crippen LogP contribution in [0, 0.1) is 0 Å². The molecule has 1 aromatic heterocycles. The fourth-order valence-electron chi connectivity index (χ4n) is 1.21. The molecule has 82 valence electrons. The Kier molecular flexibility index (Phi) is 2.86. The molecule has 0 aliphatic rings. The van der Waals surface area contributed by atoms with E-state index in [9.17, 15) is 4.79 Å². The maximum Gasteiger partial charge on any atom is 0.251 e. The lowest BCUT2D eigenvalue weighted by Crippen LogP contribution is -2.22. The Labute approximate surface area is 91.7 Å². The van der Waals surface area contributed by atoms with E-state index >= 15 is 0 Å². The molecule has 5 nitrogen and oxygen atoms in total. The maximum atomic E-state index is 11.6. The van der Waals surface area contributed by atoms with Crippen LogP contribution < -0.4 is 5.32 Å². The molecule has 1 amide bonds. The molecule has 2 aromatic rings. The molecule has 2 N–H and O–H groups in total. The molecule has 0 radical (unpaired) electrons. The molecule has 0 aliphatic heterocycles. The van der Waals surface area contributed by atoms with Crippen molar-refractivity contribution in [3.8, 4) is 5.75 Å². The van der Waals surface area contributed by atoms with Crippen molar-refractivity contribution in [1.82, 2.24) is 10.5 Å². The zero-order valence-corrected chi connectivity index (χ0v) is 8.38. The van der Waals surface area contributed by atoms with Gasteiger partial charge in [0.25, 0.3) is 5.91 Å². The Hall–Kier alpha value is -2.30. The van der Waals surface area contributed by atoms with Gasteiger partial charge in [0, 0.05) is 11.6 Å². The molecule has 2 rings (SSSR count). The van der Waals surface area contributed by atoms with Crippen molar-refractivity contribution in [2.24, 2.45) is 0 Å². The Morgan fingerprint density at radius 3 is 2.69 bits per heavy atom. The lowest BCUT2D eigenvalue weighted by atomic mass is 10.2. The van der Waals surface area contributed by atoms with Crippen molar-refractivity contribution in [2.75, 3.05) is 0 Å². The molecule has 0 atom stereocenters. The number of aromatic hydroxyl groups is 1. The molecule has 1 heterocycles. The van der Waals surface area contributed by atoms with Gasteiger partial charge in [0.1, 0.15) is 17.7 Å². The van der Waals surface area contributed by atoms with Crippen molar-refractivity contribution in [3.05, 3.63) is 47.9 Å². The summed E-state index contributed by atoms with van der Waals surface area (Å²) >= 11 is 0. The second-order valence-electron chi connectivity index (χ2n) is 3.22. The average Bonchev–Trinajstić information content (AvgIpc) is 2.80. The van der Waals surface area contributed by atoms with Gasteiger partial charge >= 0.3 is 0 Å². The van der Waals surface area contributed by atoms with Crippen LogP contribution in [0.3, 0.4) is 0 Å². The van der Waals surface area contributed by atoms with Gasteiger partial charge in [0.15, 0.2) is 0 Å². The monoisotopic (exact) mass is 218 g/mol. The number of hydrogen-bond acceptors (Lipinski definition) is 4. The average molecular weight is 218 g/mol. The maximum absolute atomic E-state index is 11.6. The smallest absolute Gasteiger partial charge is 0.251 e. The number of nitrogens with one attached hydrogen (secondary N) is 1. The summed E-state index contributed by atoms with van der Waals surface area (Å²) in [6, 6.07) is 7.70. The standard InChI is InChI=1S/C11H10N2O3/c14-10-3-1-8(2-4-10)11(15)12-7-9-5-6-16-13-9/h1-6,14H,7H2,(H,12,15). The third-order valence-corrected chi connectivity index (χ3v) is 2.05. The van der Waals surface area contributed by atoms with Crippen molar-refractivity contribution >= 4 is 5.91 Å². The Morgan fingerprint density at radius 1 is 1.31 bits per heavy atom. The molecule has 0 bridgehead atoms. The zero-order valence-electron chi connectivity index (χ0n) is 8.38. The van der Waals surface area contributed by atoms with Gasteiger partial charge in [-0.1, -0.05) is 5.16 Å². The number of benzene rings is 1. The highest BCUT2D eigenvalue weighted by atomic mass is 16.5. The molecule has 0 saturated heterocycles. The molecule has 1 aromatic carbocycles. The van der Waals surface area contributed by atoms with Crippen LogP contribution in [-0.4, -0.2) is 16.2 Å². The molecule has 0 fully saturated rings.